The predicted molar refractivity (Wildman–Crippen MR) is 84.7 cm³/mol. The second kappa shape index (κ2) is 8.23. The van der Waals surface area contributed by atoms with Crippen molar-refractivity contribution in [3.63, 3.8) is 0 Å². The average Bonchev–Trinajstić information content (AvgIpc) is 2.47. The number of anilines is 3. The van der Waals surface area contributed by atoms with Gasteiger partial charge in [-0.05, 0) is 27.7 Å². The lowest BCUT2D eigenvalue weighted by Crippen LogP contribution is -2.36. The van der Waals surface area contributed by atoms with E-state index in [0.717, 1.165) is 13.1 Å². The average molecular weight is 295 g/mol. The quantitative estimate of drug-likeness (QED) is 0.649. The van der Waals surface area contributed by atoms with Crippen molar-refractivity contribution < 1.29 is 4.79 Å². The first-order valence-electron chi connectivity index (χ1n) is 7.28. The maximum atomic E-state index is 11.6. The van der Waals surface area contributed by atoms with Crippen LogP contribution in [0.2, 0.25) is 0 Å². The number of carbonyl (C=O) groups is 1. The first-order valence-corrected chi connectivity index (χ1v) is 7.28. The van der Waals surface area contributed by atoms with Gasteiger partial charge in [-0.2, -0.15) is 15.0 Å². The molecule has 1 atom stereocenters. The number of hydrogen-bond donors (Lipinski definition) is 3. The topological polar surface area (TPSA) is 95.1 Å². The molecule has 1 heterocycles. The molecule has 0 saturated heterocycles. The summed E-state index contributed by atoms with van der Waals surface area (Å²) in [7, 11) is 1.60. The number of amides is 1. The Balaban J connectivity index is 3.04. The SMILES string of the molecule is CCNc1nc(NC(C)C(=O)NC)nc(N(CC)CC)n1. The number of aromatic nitrogens is 3. The number of hydrogen-bond acceptors (Lipinski definition) is 7. The molecule has 3 N–H and O–H groups in total. The van der Waals surface area contributed by atoms with E-state index in [2.05, 4.69) is 30.9 Å². The van der Waals surface area contributed by atoms with E-state index in [9.17, 15) is 4.79 Å². The van der Waals surface area contributed by atoms with Crippen LogP contribution in [-0.2, 0) is 4.79 Å². The van der Waals surface area contributed by atoms with E-state index in [1.807, 2.05) is 25.7 Å². The Morgan fingerprint density at radius 2 is 1.76 bits per heavy atom. The van der Waals surface area contributed by atoms with Gasteiger partial charge in [0.05, 0.1) is 0 Å². The Morgan fingerprint density at radius 3 is 2.29 bits per heavy atom. The van der Waals surface area contributed by atoms with Gasteiger partial charge >= 0.3 is 0 Å². The van der Waals surface area contributed by atoms with Gasteiger partial charge in [0.2, 0.25) is 23.8 Å². The van der Waals surface area contributed by atoms with Crippen LogP contribution in [0, 0.1) is 0 Å². The molecule has 1 aromatic heterocycles. The molecule has 8 nitrogen and oxygen atoms in total. The fourth-order valence-corrected chi connectivity index (χ4v) is 1.79. The molecule has 0 saturated carbocycles. The van der Waals surface area contributed by atoms with Gasteiger partial charge in [0.1, 0.15) is 6.04 Å². The largest absolute Gasteiger partial charge is 0.357 e. The van der Waals surface area contributed by atoms with Gasteiger partial charge in [0.25, 0.3) is 0 Å². The molecule has 0 spiro atoms. The van der Waals surface area contributed by atoms with E-state index < -0.39 is 6.04 Å². The molecular formula is C13H25N7O. The lowest BCUT2D eigenvalue weighted by atomic mass is 10.3. The van der Waals surface area contributed by atoms with Gasteiger partial charge in [-0.25, -0.2) is 0 Å². The summed E-state index contributed by atoms with van der Waals surface area (Å²) in [5.74, 6) is 1.36. The van der Waals surface area contributed by atoms with E-state index in [4.69, 9.17) is 0 Å². The van der Waals surface area contributed by atoms with Crippen LogP contribution in [0.3, 0.4) is 0 Å². The van der Waals surface area contributed by atoms with Gasteiger partial charge in [-0.3, -0.25) is 4.79 Å². The highest BCUT2D eigenvalue weighted by Crippen LogP contribution is 2.14. The molecule has 1 unspecified atom stereocenters. The third-order valence-electron chi connectivity index (χ3n) is 2.99. The Bertz CT molecular complexity index is 462. The molecule has 118 valence electrons. The van der Waals surface area contributed by atoms with E-state index in [0.29, 0.717) is 24.4 Å². The minimum absolute atomic E-state index is 0.121. The van der Waals surface area contributed by atoms with E-state index >= 15 is 0 Å². The summed E-state index contributed by atoms with van der Waals surface area (Å²) >= 11 is 0. The van der Waals surface area contributed by atoms with Crippen LogP contribution in [0.1, 0.15) is 27.7 Å². The molecule has 0 fully saturated rings. The normalized spacial score (nSPS) is 11.7. The Kier molecular flexibility index (Phi) is 6.64. The van der Waals surface area contributed by atoms with Gasteiger partial charge in [0.15, 0.2) is 0 Å². The van der Waals surface area contributed by atoms with Crippen LogP contribution in [0.25, 0.3) is 0 Å². The summed E-state index contributed by atoms with van der Waals surface area (Å²) in [6, 6.07) is -0.420. The van der Waals surface area contributed by atoms with Gasteiger partial charge in [-0.15, -0.1) is 0 Å². The minimum Gasteiger partial charge on any atom is -0.357 e. The zero-order chi connectivity index (χ0) is 15.8. The molecule has 0 aliphatic rings. The number of carbonyl (C=O) groups excluding carboxylic acids is 1. The van der Waals surface area contributed by atoms with Gasteiger partial charge in [0, 0.05) is 26.7 Å². The molecule has 0 aliphatic heterocycles. The first-order chi connectivity index (χ1) is 10.0. The standard InChI is InChI=1S/C13H25N7O/c1-6-15-11-17-12(16-9(4)10(21)14-5)19-13(18-11)20(7-2)8-3/h9H,6-8H2,1-5H3,(H,14,21)(H2,15,16,17,18,19). The monoisotopic (exact) mass is 295 g/mol. The van der Waals surface area contributed by atoms with Crippen molar-refractivity contribution in [2.75, 3.05) is 42.2 Å². The van der Waals surface area contributed by atoms with Crippen molar-refractivity contribution in [2.45, 2.75) is 33.7 Å². The molecule has 1 amide bonds. The van der Waals surface area contributed by atoms with E-state index in [1.165, 1.54) is 0 Å². The lowest BCUT2D eigenvalue weighted by molar-refractivity contribution is -0.121. The highest BCUT2D eigenvalue weighted by atomic mass is 16.2. The third-order valence-corrected chi connectivity index (χ3v) is 2.99. The van der Waals surface area contributed by atoms with Crippen LogP contribution in [-0.4, -0.2) is 53.6 Å². The lowest BCUT2D eigenvalue weighted by Gasteiger charge is -2.20. The van der Waals surface area contributed by atoms with Crippen LogP contribution in [0.15, 0.2) is 0 Å². The Labute approximate surface area is 125 Å². The van der Waals surface area contributed by atoms with Crippen molar-refractivity contribution in [2.24, 2.45) is 0 Å². The Morgan fingerprint density at radius 1 is 1.14 bits per heavy atom. The fourth-order valence-electron chi connectivity index (χ4n) is 1.79. The minimum atomic E-state index is -0.420. The summed E-state index contributed by atoms with van der Waals surface area (Å²) in [6.07, 6.45) is 0. The zero-order valence-corrected chi connectivity index (χ0v) is 13.4. The van der Waals surface area contributed by atoms with Crippen LogP contribution in [0.4, 0.5) is 17.8 Å². The summed E-state index contributed by atoms with van der Waals surface area (Å²) in [4.78, 5) is 26.7. The van der Waals surface area contributed by atoms with E-state index in [-0.39, 0.29) is 5.91 Å². The fraction of sp³-hybridized carbons (Fsp3) is 0.692. The maximum Gasteiger partial charge on any atom is 0.242 e. The van der Waals surface area contributed by atoms with Crippen molar-refractivity contribution in [1.29, 1.82) is 0 Å². The highest BCUT2D eigenvalue weighted by Gasteiger charge is 2.15. The summed E-state index contributed by atoms with van der Waals surface area (Å²) in [6.45, 7) is 10.1. The molecule has 8 heteroatoms. The molecule has 0 aliphatic carbocycles. The van der Waals surface area contributed by atoms with Crippen molar-refractivity contribution >= 4 is 23.8 Å². The summed E-state index contributed by atoms with van der Waals surface area (Å²) in [5.41, 5.74) is 0. The van der Waals surface area contributed by atoms with Crippen LogP contribution in [0.5, 0.6) is 0 Å². The number of likely N-dealkylation sites (N-methyl/N-ethyl adjacent to an activating group) is 1. The number of rotatable bonds is 8. The number of nitrogens with one attached hydrogen (secondary N) is 3. The first kappa shape index (κ1) is 16.9. The Hall–Kier alpha value is -2.12. The smallest absolute Gasteiger partial charge is 0.242 e. The number of nitrogens with zero attached hydrogens (tertiary/aromatic N) is 4. The third kappa shape index (κ3) is 4.73. The molecule has 0 bridgehead atoms. The maximum absolute atomic E-state index is 11.6. The van der Waals surface area contributed by atoms with Gasteiger partial charge in [-0.1, -0.05) is 0 Å². The van der Waals surface area contributed by atoms with Crippen molar-refractivity contribution in [3.8, 4) is 0 Å². The van der Waals surface area contributed by atoms with Gasteiger partial charge < -0.3 is 20.9 Å². The second-order valence-electron chi connectivity index (χ2n) is 4.47. The predicted octanol–water partition coefficient (Wildman–Crippen LogP) is 0.696. The summed E-state index contributed by atoms with van der Waals surface area (Å²) < 4.78 is 0. The van der Waals surface area contributed by atoms with E-state index in [1.54, 1.807) is 14.0 Å². The molecule has 21 heavy (non-hydrogen) atoms. The van der Waals surface area contributed by atoms with Crippen LogP contribution < -0.4 is 20.9 Å². The molecule has 0 radical (unpaired) electrons. The summed E-state index contributed by atoms with van der Waals surface area (Å²) in [5, 5.41) is 8.66. The highest BCUT2D eigenvalue weighted by molar-refractivity contribution is 5.83. The zero-order valence-electron chi connectivity index (χ0n) is 13.4. The molecule has 0 aromatic carbocycles. The molecule has 1 rings (SSSR count). The van der Waals surface area contributed by atoms with Crippen molar-refractivity contribution in [1.82, 2.24) is 20.3 Å². The molecular weight excluding hydrogens is 270 g/mol. The second-order valence-corrected chi connectivity index (χ2v) is 4.47. The molecule has 1 aromatic rings. The van der Waals surface area contributed by atoms with Crippen LogP contribution >= 0.6 is 0 Å². The van der Waals surface area contributed by atoms with Crippen molar-refractivity contribution in [3.05, 3.63) is 0 Å².